The zero-order valence-corrected chi connectivity index (χ0v) is 13.8. The van der Waals surface area contributed by atoms with E-state index in [1.807, 2.05) is 0 Å². The molecule has 1 aromatic rings. The quantitative estimate of drug-likeness (QED) is 0.840. The maximum atomic E-state index is 12.7. The molecular weight excluding hydrogens is 306 g/mol. The van der Waals surface area contributed by atoms with Crippen LogP contribution in [0.5, 0.6) is 0 Å². The van der Waals surface area contributed by atoms with Crippen LogP contribution in [0.4, 0.5) is 0 Å². The molecule has 1 saturated carbocycles. The molecule has 0 spiro atoms. The maximum Gasteiger partial charge on any atom is 0.248 e. The molecule has 1 atom stereocenters. The Balaban J connectivity index is 1.63. The van der Waals surface area contributed by atoms with Gasteiger partial charge in [0, 0.05) is 32.7 Å². The number of sulfonamides is 1. The van der Waals surface area contributed by atoms with Crippen LogP contribution in [0.1, 0.15) is 24.3 Å². The average Bonchev–Trinajstić information content (AvgIpc) is 3.25. The number of aromatic nitrogens is 1. The first-order valence-corrected chi connectivity index (χ1v) is 9.17. The molecular formula is C14H23N3O4S. The number of hydrogen-bond acceptors (Lipinski definition) is 6. The van der Waals surface area contributed by atoms with Gasteiger partial charge >= 0.3 is 0 Å². The third kappa shape index (κ3) is 3.05. The molecule has 8 heteroatoms. The average molecular weight is 329 g/mol. The highest BCUT2D eigenvalue weighted by molar-refractivity contribution is 7.89. The summed E-state index contributed by atoms with van der Waals surface area (Å²) in [6.07, 6.45) is 1.95. The molecule has 1 aliphatic heterocycles. The van der Waals surface area contributed by atoms with Gasteiger partial charge in [0.05, 0.1) is 6.10 Å². The molecule has 22 heavy (non-hydrogen) atoms. The van der Waals surface area contributed by atoms with Crippen molar-refractivity contribution in [2.24, 2.45) is 5.92 Å². The Hall–Kier alpha value is -0.960. The van der Waals surface area contributed by atoms with Crippen LogP contribution in [0, 0.1) is 19.8 Å². The summed E-state index contributed by atoms with van der Waals surface area (Å²) in [7, 11) is -3.55. The van der Waals surface area contributed by atoms with E-state index in [1.165, 1.54) is 4.31 Å². The third-order valence-corrected chi connectivity index (χ3v) is 6.65. The molecule has 1 unspecified atom stereocenters. The topological polar surface area (TPSA) is 86.9 Å². The van der Waals surface area contributed by atoms with Gasteiger partial charge in [0.1, 0.15) is 10.6 Å². The molecule has 1 N–H and O–H groups in total. The minimum atomic E-state index is -3.55. The fraction of sp³-hybridized carbons (Fsp3) is 0.786. The van der Waals surface area contributed by atoms with Crippen molar-refractivity contribution < 1.29 is 18.0 Å². The molecule has 0 amide bonds. The Morgan fingerprint density at radius 1 is 1.27 bits per heavy atom. The second-order valence-electron chi connectivity index (χ2n) is 6.26. The molecule has 0 radical (unpaired) electrons. The monoisotopic (exact) mass is 329 g/mol. The molecule has 0 aromatic carbocycles. The van der Waals surface area contributed by atoms with Gasteiger partial charge in [0.2, 0.25) is 10.0 Å². The van der Waals surface area contributed by atoms with Gasteiger partial charge in [0.25, 0.3) is 0 Å². The van der Waals surface area contributed by atoms with Gasteiger partial charge in [-0.25, -0.2) is 8.42 Å². The van der Waals surface area contributed by atoms with E-state index < -0.39 is 10.0 Å². The van der Waals surface area contributed by atoms with E-state index in [9.17, 15) is 13.5 Å². The summed E-state index contributed by atoms with van der Waals surface area (Å²) in [5.74, 6) is 0.785. The first-order chi connectivity index (χ1) is 10.4. The zero-order chi connectivity index (χ0) is 15.9. The van der Waals surface area contributed by atoms with Gasteiger partial charge in [-0.05, 0) is 32.6 Å². The zero-order valence-electron chi connectivity index (χ0n) is 13.0. The Kier molecular flexibility index (Phi) is 4.28. The van der Waals surface area contributed by atoms with Crippen LogP contribution in [-0.2, 0) is 10.0 Å². The maximum absolute atomic E-state index is 12.7. The molecule has 7 nitrogen and oxygen atoms in total. The lowest BCUT2D eigenvalue weighted by Crippen LogP contribution is -2.50. The predicted octanol–water partition coefficient (Wildman–Crippen LogP) is 0.369. The molecule has 2 aliphatic rings. The van der Waals surface area contributed by atoms with E-state index in [4.69, 9.17) is 4.52 Å². The smallest absolute Gasteiger partial charge is 0.248 e. The lowest BCUT2D eigenvalue weighted by molar-refractivity contribution is 0.0782. The predicted molar refractivity (Wildman–Crippen MR) is 79.9 cm³/mol. The molecule has 1 saturated heterocycles. The van der Waals surface area contributed by atoms with Gasteiger partial charge in [-0.2, -0.15) is 4.31 Å². The Bertz CT molecular complexity index is 611. The van der Waals surface area contributed by atoms with Crippen molar-refractivity contribution in [1.29, 1.82) is 0 Å². The van der Waals surface area contributed by atoms with Crippen LogP contribution in [-0.4, -0.2) is 66.7 Å². The van der Waals surface area contributed by atoms with Gasteiger partial charge in [-0.3, -0.25) is 4.90 Å². The highest BCUT2D eigenvalue weighted by Gasteiger charge is 2.35. The van der Waals surface area contributed by atoms with Crippen LogP contribution in [0.2, 0.25) is 0 Å². The lowest BCUT2D eigenvalue weighted by Gasteiger charge is -2.34. The number of piperazine rings is 1. The minimum absolute atomic E-state index is 0.193. The summed E-state index contributed by atoms with van der Waals surface area (Å²) >= 11 is 0. The summed E-state index contributed by atoms with van der Waals surface area (Å²) in [5.41, 5.74) is 0.407. The van der Waals surface area contributed by atoms with Crippen molar-refractivity contribution in [3.63, 3.8) is 0 Å². The van der Waals surface area contributed by atoms with Crippen molar-refractivity contribution in [1.82, 2.24) is 14.4 Å². The molecule has 3 rings (SSSR count). The summed E-state index contributed by atoms with van der Waals surface area (Å²) in [4.78, 5) is 2.33. The fourth-order valence-corrected chi connectivity index (χ4v) is 4.73. The van der Waals surface area contributed by atoms with Crippen molar-refractivity contribution in [2.45, 2.75) is 37.7 Å². The second-order valence-corrected chi connectivity index (χ2v) is 8.14. The van der Waals surface area contributed by atoms with Gasteiger partial charge in [0.15, 0.2) is 5.76 Å². The number of aliphatic hydroxyl groups is 1. The number of β-amino-alcohol motifs (C(OH)–C–C–N with tert-alkyl or cyclic N) is 1. The molecule has 1 aromatic heterocycles. The highest BCUT2D eigenvalue weighted by atomic mass is 32.2. The summed E-state index contributed by atoms with van der Waals surface area (Å²) < 4.78 is 31.9. The summed E-state index contributed by atoms with van der Waals surface area (Å²) in [5, 5.41) is 13.7. The van der Waals surface area contributed by atoms with E-state index >= 15 is 0 Å². The number of aliphatic hydroxyl groups excluding tert-OH is 1. The highest BCUT2D eigenvalue weighted by Crippen LogP contribution is 2.33. The van der Waals surface area contributed by atoms with Gasteiger partial charge < -0.3 is 9.63 Å². The SMILES string of the molecule is Cc1noc(C)c1S(=O)(=O)N1CCN(CC(O)C2CC2)CC1. The van der Waals surface area contributed by atoms with E-state index in [0.29, 0.717) is 50.1 Å². The Morgan fingerprint density at radius 2 is 1.91 bits per heavy atom. The standard InChI is InChI=1S/C14H23N3O4S/c1-10-14(11(2)21-15-10)22(19,20)17-7-5-16(6-8-17)9-13(18)12-3-4-12/h12-13,18H,3-9H2,1-2H3. The minimum Gasteiger partial charge on any atom is -0.392 e. The van der Waals surface area contributed by atoms with Crippen LogP contribution in [0.3, 0.4) is 0 Å². The van der Waals surface area contributed by atoms with E-state index in [2.05, 4.69) is 10.1 Å². The fourth-order valence-electron chi connectivity index (χ4n) is 3.02. The molecule has 1 aliphatic carbocycles. The van der Waals surface area contributed by atoms with Crippen LogP contribution in [0.25, 0.3) is 0 Å². The van der Waals surface area contributed by atoms with Crippen molar-refractivity contribution in [3.05, 3.63) is 11.5 Å². The molecule has 0 bridgehead atoms. The number of nitrogens with zero attached hydrogens (tertiary/aromatic N) is 3. The normalized spacial score (nSPS) is 22.9. The second kappa shape index (κ2) is 5.92. The first kappa shape index (κ1) is 15.9. The molecule has 2 heterocycles. The largest absolute Gasteiger partial charge is 0.392 e. The number of hydrogen-bond donors (Lipinski definition) is 1. The van der Waals surface area contributed by atoms with Crippen molar-refractivity contribution in [3.8, 4) is 0 Å². The first-order valence-electron chi connectivity index (χ1n) is 7.73. The van der Waals surface area contributed by atoms with Gasteiger partial charge in [-0.15, -0.1) is 0 Å². The van der Waals surface area contributed by atoms with E-state index in [-0.39, 0.29) is 11.0 Å². The van der Waals surface area contributed by atoms with Crippen LogP contribution in [0.15, 0.2) is 9.42 Å². The van der Waals surface area contributed by atoms with Crippen molar-refractivity contribution in [2.75, 3.05) is 32.7 Å². The molecule has 124 valence electrons. The van der Waals surface area contributed by atoms with Gasteiger partial charge in [-0.1, -0.05) is 5.16 Å². The number of rotatable bonds is 5. The van der Waals surface area contributed by atoms with E-state index in [0.717, 1.165) is 12.8 Å². The van der Waals surface area contributed by atoms with Crippen LogP contribution < -0.4 is 0 Å². The Morgan fingerprint density at radius 3 is 2.41 bits per heavy atom. The summed E-state index contributed by atoms with van der Waals surface area (Å²) in [6, 6.07) is 0. The van der Waals surface area contributed by atoms with Crippen molar-refractivity contribution >= 4 is 10.0 Å². The summed E-state index contributed by atoms with van der Waals surface area (Å²) in [6.45, 7) is 6.07. The Labute approximate surface area is 130 Å². The van der Waals surface area contributed by atoms with Crippen LogP contribution >= 0.6 is 0 Å². The lowest BCUT2D eigenvalue weighted by atomic mass is 10.2. The number of aryl methyl sites for hydroxylation is 2. The third-order valence-electron chi connectivity index (χ3n) is 4.51. The molecule has 2 fully saturated rings. The van der Waals surface area contributed by atoms with E-state index in [1.54, 1.807) is 13.8 Å².